The van der Waals surface area contributed by atoms with Crippen LogP contribution < -0.4 is 11.1 Å². The summed E-state index contributed by atoms with van der Waals surface area (Å²) < 4.78 is 0. The molecule has 0 radical (unpaired) electrons. The first-order valence-corrected chi connectivity index (χ1v) is 6.42. The molecule has 1 fully saturated rings. The fourth-order valence-corrected chi connectivity index (χ4v) is 2.65. The van der Waals surface area contributed by atoms with Crippen molar-refractivity contribution in [3.63, 3.8) is 0 Å². The largest absolute Gasteiger partial charge is 0.478 e. The van der Waals surface area contributed by atoms with Crippen molar-refractivity contribution in [3.05, 3.63) is 23.8 Å². The van der Waals surface area contributed by atoms with Gasteiger partial charge in [0.1, 0.15) is 0 Å². The van der Waals surface area contributed by atoms with E-state index in [1.54, 1.807) is 18.2 Å². The second-order valence-corrected chi connectivity index (χ2v) is 5.32. The van der Waals surface area contributed by atoms with E-state index in [-0.39, 0.29) is 11.1 Å². The number of rotatable bonds is 3. The minimum absolute atomic E-state index is 0.0437. The van der Waals surface area contributed by atoms with Crippen LogP contribution in [0, 0.1) is 0 Å². The van der Waals surface area contributed by atoms with Crippen molar-refractivity contribution in [3.8, 4) is 0 Å². The van der Waals surface area contributed by atoms with Gasteiger partial charge in [-0.1, -0.05) is 25.3 Å². The normalized spacial score (nSPS) is 18.3. The molecule has 0 atom stereocenters. The first-order valence-electron chi connectivity index (χ1n) is 6.42. The van der Waals surface area contributed by atoms with E-state index in [2.05, 4.69) is 12.2 Å². The Labute approximate surface area is 107 Å². The van der Waals surface area contributed by atoms with Gasteiger partial charge in [0.05, 0.1) is 16.9 Å². The van der Waals surface area contributed by atoms with Crippen LogP contribution in [0.5, 0.6) is 0 Å². The van der Waals surface area contributed by atoms with Crippen molar-refractivity contribution in [2.24, 2.45) is 0 Å². The lowest BCUT2D eigenvalue weighted by Gasteiger charge is -2.36. The fourth-order valence-electron chi connectivity index (χ4n) is 2.65. The number of anilines is 2. The van der Waals surface area contributed by atoms with E-state index in [4.69, 9.17) is 5.73 Å². The molecule has 4 nitrogen and oxygen atoms in total. The number of carboxylic acid groups (broad SMARTS) is 1. The van der Waals surface area contributed by atoms with Crippen LogP contribution in [-0.4, -0.2) is 16.6 Å². The summed E-state index contributed by atoms with van der Waals surface area (Å²) >= 11 is 0. The Morgan fingerprint density at radius 3 is 2.61 bits per heavy atom. The number of carboxylic acids is 1. The van der Waals surface area contributed by atoms with Gasteiger partial charge in [-0.05, 0) is 31.9 Å². The fraction of sp³-hybridized carbons (Fsp3) is 0.500. The maximum absolute atomic E-state index is 11.2. The van der Waals surface area contributed by atoms with Crippen LogP contribution >= 0.6 is 0 Å². The summed E-state index contributed by atoms with van der Waals surface area (Å²) in [4.78, 5) is 11.2. The van der Waals surface area contributed by atoms with Crippen LogP contribution in [0.15, 0.2) is 18.2 Å². The molecular formula is C14H20N2O2. The average Bonchev–Trinajstić information content (AvgIpc) is 2.32. The van der Waals surface area contributed by atoms with E-state index in [1.807, 2.05) is 0 Å². The zero-order chi connectivity index (χ0) is 13.2. The highest BCUT2D eigenvalue weighted by Crippen LogP contribution is 2.34. The predicted molar refractivity (Wildman–Crippen MR) is 72.9 cm³/mol. The number of para-hydroxylation sites is 1. The lowest BCUT2D eigenvalue weighted by atomic mass is 9.83. The van der Waals surface area contributed by atoms with Gasteiger partial charge in [0.2, 0.25) is 0 Å². The van der Waals surface area contributed by atoms with E-state index in [0.717, 1.165) is 12.8 Å². The Morgan fingerprint density at radius 1 is 1.33 bits per heavy atom. The molecule has 0 amide bonds. The molecule has 0 bridgehead atoms. The highest BCUT2D eigenvalue weighted by molar-refractivity contribution is 5.97. The molecule has 0 spiro atoms. The van der Waals surface area contributed by atoms with Gasteiger partial charge in [0.15, 0.2) is 0 Å². The lowest BCUT2D eigenvalue weighted by molar-refractivity contribution is 0.0698. The summed E-state index contributed by atoms with van der Waals surface area (Å²) in [6.07, 6.45) is 5.73. The molecule has 4 N–H and O–H groups in total. The van der Waals surface area contributed by atoms with Crippen LogP contribution in [0.3, 0.4) is 0 Å². The second kappa shape index (κ2) is 4.88. The minimum atomic E-state index is -0.941. The molecule has 0 aliphatic heterocycles. The standard InChI is InChI=1S/C14H20N2O2/c1-14(8-3-2-4-9-14)16-12-10(13(17)18)6-5-7-11(12)15/h5-7,16H,2-4,8-9,15H2,1H3,(H,17,18). The summed E-state index contributed by atoms with van der Waals surface area (Å²) in [6.45, 7) is 2.14. The van der Waals surface area contributed by atoms with Gasteiger partial charge in [-0.2, -0.15) is 0 Å². The molecule has 1 aliphatic carbocycles. The van der Waals surface area contributed by atoms with Crippen LogP contribution in [0.25, 0.3) is 0 Å². The third-order valence-electron chi connectivity index (χ3n) is 3.71. The van der Waals surface area contributed by atoms with E-state index in [0.29, 0.717) is 11.4 Å². The summed E-state index contributed by atoms with van der Waals surface area (Å²) in [7, 11) is 0. The van der Waals surface area contributed by atoms with E-state index in [1.165, 1.54) is 19.3 Å². The molecule has 1 aromatic carbocycles. The Morgan fingerprint density at radius 2 is 2.00 bits per heavy atom. The van der Waals surface area contributed by atoms with E-state index >= 15 is 0 Å². The molecule has 1 aliphatic rings. The number of nitrogens with two attached hydrogens (primary N) is 1. The van der Waals surface area contributed by atoms with Crippen LogP contribution in [0.4, 0.5) is 11.4 Å². The average molecular weight is 248 g/mol. The van der Waals surface area contributed by atoms with Gasteiger partial charge < -0.3 is 16.2 Å². The quantitative estimate of drug-likeness (QED) is 0.718. The number of nitrogens with one attached hydrogen (secondary N) is 1. The molecule has 98 valence electrons. The number of carbonyl (C=O) groups is 1. The molecule has 4 heteroatoms. The molecule has 0 heterocycles. The second-order valence-electron chi connectivity index (χ2n) is 5.32. The number of benzene rings is 1. The predicted octanol–water partition coefficient (Wildman–Crippen LogP) is 3.10. The Bertz CT molecular complexity index is 451. The van der Waals surface area contributed by atoms with Gasteiger partial charge in [0.25, 0.3) is 0 Å². The number of aromatic carboxylic acids is 1. The molecule has 18 heavy (non-hydrogen) atoms. The van der Waals surface area contributed by atoms with Crippen molar-refractivity contribution in [2.75, 3.05) is 11.1 Å². The third kappa shape index (κ3) is 2.58. The highest BCUT2D eigenvalue weighted by atomic mass is 16.4. The van der Waals surface area contributed by atoms with Crippen LogP contribution in [0.2, 0.25) is 0 Å². The molecule has 2 rings (SSSR count). The number of hydrogen-bond acceptors (Lipinski definition) is 3. The number of hydrogen-bond donors (Lipinski definition) is 3. The molecule has 0 saturated heterocycles. The molecular weight excluding hydrogens is 228 g/mol. The first kappa shape index (κ1) is 12.7. The Kier molecular flexibility index (Phi) is 3.45. The van der Waals surface area contributed by atoms with Crippen molar-refractivity contribution >= 4 is 17.3 Å². The lowest BCUT2D eigenvalue weighted by Crippen LogP contribution is -2.37. The van der Waals surface area contributed by atoms with Crippen molar-refractivity contribution in [1.82, 2.24) is 0 Å². The zero-order valence-electron chi connectivity index (χ0n) is 10.7. The van der Waals surface area contributed by atoms with Gasteiger partial charge in [-0.3, -0.25) is 0 Å². The Balaban J connectivity index is 2.30. The SMILES string of the molecule is CC1(Nc2c(N)cccc2C(=O)O)CCCCC1. The number of nitrogen functional groups attached to an aromatic ring is 1. The van der Waals surface area contributed by atoms with Crippen molar-refractivity contribution < 1.29 is 9.90 Å². The summed E-state index contributed by atoms with van der Waals surface area (Å²) in [5.41, 5.74) is 7.18. The summed E-state index contributed by atoms with van der Waals surface area (Å²) in [6, 6.07) is 5.00. The minimum Gasteiger partial charge on any atom is -0.478 e. The molecule has 1 aromatic rings. The van der Waals surface area contributed by atoms with E-state index < -0.39 is 5.97 Å². The summed E-state index contributed by atoms with van der Waals surface area (Å²) in [5, 5.41) is 12.6. The van der Waals surface area contributed by atoms with Gasteiger partial charge in [-0.15, -0.1) is 0 Å². The van der Waals surface area contributed by atoms with Crippen molar-refractivity contribution in [2.45, 2.75) is 44.6 Å². The summed E-state index contributed by atoms with van der Waals surface area (Å²) in [5.74, 6) is -0.941. The first-order chi connectivity index (χ1) is 8.52. The van der Waals surface area contributed by atoms with Gasteiger partial charge >= 0.3 is 5.97 Å². The molecule has 0 unspecified atom stereocenters. The maximum Gasteiger partial charge on any atom is 0.337 e. The van der Waals surface area contributed by atoms with E-state index in [9.17, 15) is 9.90 Å². The maximum atomic E-state index is 11.2. The van der Waals surface area contributed by atoms with Gasteiger partial charge in [0, 0.05) is 5.54 Å². The van der Waals surface area contributed by atoms with Crippen LogP contribution in [-0.2, 0) is 0 Å². The zero-order valence-corrected chi connectivity index (χ0v) is 10.7. The molecule has 0 aromatic heterocycles. The molecule has 1 saturated carbocycles. The van der Waals surface area contributed by atoms with Crippen LogP contribution in [0.1, 0.15) is 49.4 Å². The highest BCUT2D eigenvalue weighted by Gasteiger charge is 2.28. The van der Waals surface area contributed by atoms with Gasteiger partial charge in [-0.25, -0.2) is 4.79 Å². The monoisotopic (exact) mass is 248 g/mol. The topological polar surface area (TPSA) is 75.3 Å². The smallest absolute Gasteiger partial charge is 0.337 e. The van der Waals surface area contributed by atoms with Crippen molar-refractivity contribution in [1.29, 1.82) is 0 Å². The Hall–Kier alpha value is -1.71. The third-order valence-corrected chi connectivity index (χ3v) is 3.71.